The van der Waals surface area contributed by atoms with Crippen LogP contribution in [0.3, 0.4) is 0 Å². The maximum Gasteiger partial charge on any atom is 0.127 e. The topological polar surface area (TPSA) is 26.0 Å². The summed E-state index contributed by atoms with van der Waals surface area (Å²) in [6.07, 6.45) is 0. The first-order chi connectivity index (χ1) is 5.18. The highest BCUT2D eigenvalue weighted by Crippen LogP contribution is 2.10. The number of halogens is 2. The first kappa shape index (κ1) is 10.4. The summed E-state index contributed by atoms with van der Waals surface area (Å²) in [5, 5.41) is 0. The molecule has 0 aliphatic heterocycles. The van der Waals surface area contributed by atoms with E-state index < -0.39 is 11.6 Å². The number of rotatable bonds is 0. The molecule has 0 radical (unpaired) electrons. The Hall–Kier alpha value is -0.610. The highest BCUT2D eigenvalue weighted by molar-refractivity contribution is 7.80. The van der Waals surface area contributed by atoms with Crippen molar-refractivity contribution in [3.8, 4) is 0 Å². The molecular weight excluding hydrogens is 168 g/mol. The smallest absolute Gasteiger partial charge is 0.127 e. The summed E-state index contributed by atoms with van der Waals surface area (Å²) in [6.45, 7) is 0. The van der Waals surface area contributed by atoms with Gasteiger partial charge in [-0.1, -0.05) is 0 Å². The van der Waals surface area contributed by atoms with Gasteiger partial charge in [-0.15, -0.1) is 12.6 Å². The zero-order chi connectivity index (χ0) is 8.85. The van der Waals surface area contributed by atoms with Gasteiger partial charge < -0.3 is 5.73 Å². The number of thiol groups is 1. The van der Waals surface area contributed by atoms with E-state index in [1.54, 1.807) is 0 Å². The molecule has 1 nitrogen and oxygen atoms in total. The van der Waals surface area contributed by atoms with Gasteiger partial charge >= 0.3 is 0 Å². The van der Waals surface area contributed by atoms with E-state index in [2.05, 4.69) is 18.4 Å². The molecule has 1 rings (SSSR count). The predicted octanol–water partition coefficient (Wildman–Crippen LogP) is 1.83. The zero-order valence-corrected chi connectivity index (χ0v) is 6.91. The molecule has 0 heterocycles. The lowest BCUT2D eigenvalue weighted by atomic mass is 10.3. The van der Waals surface area contributed by atoms with Gasteiger partial charge in [0.1, 0.15) is 11.6 Å². The highest BCUT2D eigenvalue weighted by Gasteiger charge is 1.94. The summed E-state index contributed by atoms with van der Waals surface area (Å²) in [4.78, 5) is 0.299. The standard InChI is InChI=1S/C6H4F2S.CH5N/c7-4-1-5(8)3-6(9)2-4;1-2/h1-3,9H;2H2,1H3. The van der Waals surface area contributed by atoms with Crippen LogP contribution in [0.15, 0.2) is 23.1 Å². The van der Waals surface area contributed by atoms with Gasteiger partial charge in [0, 0.05) is 11.0 Å². The number of hydrogen-bond acceptors (Lipinski definition) is 2. The van der Waals surface area contributed by atoms with Crippen molar-refractivity contribution in [3.63, 3.8) is 0 Å². The van der Waals surface area contributed by atoms with Crippen LogP contribution in [0.25, 0.3) is 0 Å². The lowest BCUT2D eigenvalue weighted by Gasteiger charge is -1.90. The van der Waals surface area contributed by atoms with Crippen molar-refractivity contribution in [2.24, 2.45) is 5.73 Å². The third-order valence-electron chi connectivity index (χ3n) is 0.847. The maximum atomic E-state index is 12.1. The largest absolute Gasteiger partial charge is 0.333 e. The lowest BCUT2D eigenvalue weighted by Crippen LogP contribution is -1.77. The summed E-state index contributed by atoms with van der Waals surface area (Å²) in [5.41, 5.74) is 4.50. The molecule has 0 amide bonds. The van der Waals surface area contributed by atoms with E-state index >= 15 is 0 Å². The minimum absolute atomic E-state index is 0.299. The normalized spacial score (nSPS) is 8.45. The van der Waals surface area contributed by atoms with E-state index in [0.717, 1.165) is 18.2 Å². The van der Waals surface area contributed by atoms with Crippen LogP contribution in [0, 0.1) is 11.6 Å². The molecule has 2 N–H and O–H groups in total. The van der Waals surface area contributed by atoms with Crippen LogP contribution in [0.2, 0.25) is 0 Å². The highest BCUT2D eigenvalue weighted by atomic mass is 32.1. The summed E-state index contributed by atoms with van der Waals surface area (Å²) >= 11 is 3.74. The van der Waals surface area contributed by atoms with Crippen molar-refractivity contribution in [3.05, 3.63) is 29.8 Å². The van der Waals surface area contributed by atoms with E-state index in [1.807, 2.05) is 0 Å². The van der Waals surface area contributed by atoms with E-state index in [9.17, 15) is 8.78 Å². The Morgan fingerprint density at radius 2 is 1.45 bits per heavy atom. The first-order valence-electron chi connectivity index (χ1n) is 2.91. The van der Waals surface area contributed by atoms with Crippen LogP contribution in [0.4, 0.5) is 8.78 Å². The Morgan fingerprint density at radius 1 is 1.09 bits per heavy atom. The van der Waals surface area contributed by atoms with Gasteiger partial charge in [0.15, 0.2) is 0 Å². The minimum Gasteiger partial charge on any atom is -0.333 e. The molecule has 0 aromatic heterocycles. The quantitative estimate of drug-likeness (QED) is 0.581. The van der Waals surface area contributed by atoms with Gasteiger partial charge in [0.2, 0.25) is 0 Å². The summed E-state index contributed by atoms with van der Waals surface area (Å²) in [5.74, 6) is -1.19. The summed E-state index contributed by atoms with van der Waals surface area (Å²) in [6, 6.07) is 3.10. The van der Waals surface area contributed by atoms with Gasteiger partial charge in [-0.05, 0) is 19.2 Å². The van der Waals surface area contributed by atoms with Crippen molar-refractivity contribution in [1.29, 1.82) is 0 Å². The fraction of sp³-hybridized carbons (Fsp3) is 0.143. The summed E-state index contributed by atoms with van der Waals surface area (Å²) < 4.78 is 24.3. The van der Waals surface area contributed by atoms with Gasteiger partial charge in [-0.2, -0.15) is 0 Å². The first-order valence-corrected chi connectivity index (χ1v) is 3.36. The number of benzene rings is 1. The molecule has 0 bridgehead atoms. The Kier molecular flexibility index (Phi) is 4.81. The van der Waals surface area contributed by atoms with E-state index in [1.165, 1.54) is 7.05 Å². The molecule has 0 fully saturated rings. The maximum absolute atomic E-state index is 12.1. The van der Waals surface area contributed by atoms with Crippen LogP contribution in [-0.4, -0.2) is 7.05 Å². The molecule has 0 aliphatic carbocycles. The van der Waals surface area contributed by atoms with Gasteiger partial charge in [0.05, 0.1) is 0 Å². The van der Waals surface area contributed by atoms with Gasteiger partial charge in [-0.25, -0.2) is 8.78 Å². The van der Waals surface area contributed by atoms with Crippen molar-refractivity contribution >= 4 is 12.6 Å². The molecule has 0 unspecified atom stereocenters. The van der Waals surface area contributed by atoms with Crippen molar-refractivity contribution in [2.45, 2.75) is 4.90 Å². The lowest BCUT2D eigenvalue weighted by molar-refractivity contribution is 0.577. The molecule has 0 spiro atoms. The molecule has 4 heteroatoms. The van der Waals surface area contributed by atoms with E-state index in [0.29, 0.717) is 4.90 Å². The molecule has 62 valence electrons. The molecule has 0 saturated heterocycles. The van der Waals surface area contributed by atoms with E-state index in [4.69, 9.17) is 0 Å². The van der Waals surface area contributed by atoms with Crippen LogP contribution < -0.4 is 5.73 Å². The molecule has 1 aromatic rings. The molecular formula is C7H9F2NS. The van der Waals surface area contributed by atoms with Crippen LogP contribution >= 0.6 is 12.6 Å². The Labute approximate surface area is 69.6 Å². The van der Waals surface area contributed by atoms with Crippen LogP contribution in [0.1, 0.15) is 0 Å². The molecule has 11 heavy (non-hydrogen) atoms. The third kappa shape index (κ3) is 3.95. The number of nitrogens with two attached hydrogens (primary N) is 1. The molecule has 1 aromatic carbocycles. The fourth-order valence-corrected chi connectivity index (χ4v) is 0.786. The second-order valence-electron chi connectivity index (χ2n) is 1.63. The SMILES string of the molecule is CN.Fc1cc(F)cc(S)c1. The second kappa shape index (κ2) is 5.09. The van der Waals surface area contributed by atoms with Crippen LogP contribution in [-0.2, 0) is 0 Å². The fourth-order valence-electron chi connectivity index (χ4n) is 0.539. The van der Waals surface area contributed by atoms with Crippen molar-refractivity contribution in [1.82, 2.24) is 0 Å². The minimum atomic E-state index is -0.597. The predicted molar refractivity (Wildman–Crippen MR) is 43.7 cm³/mol. The Morgan fingerprint density at radius 3 is 1.73 bits per heavy atom. The summed E-state index contributed by atoms with van der Waals surface area (Å²) in [7, 11) is 1.50. The number of hydrogen-bond donors (Lipinski definition) is 2. The Bertz CT molecular complexity index is 177. The molecule has 0 atom stereocenters. The second-order valence-corrected chi connectivity index (χ2v) is 2.14. The average Bonchev–Trinajstić information content (AvgIpc) is 1.88. The molecule has 0 aliphatic rings. The van der Waals surface area contributed by atoms with Crippen LogP contribution in [0.5, 0.6) is 0 Å². The Balaban J connectivity index is 0.000000461. The van der Waals surface area contributed by atoms with E-state index in [-0.39, 0.29) is 0 Å². The van der Waals surface area contributed by atoms with Crippen molar-refractivity contribution < 1.29 is 8.78 Å². The zero-order valence-electron chi connectivity index (χ0n) is 6.01. The van der Waals surface area contributed by atoms with Gasteiger partial charge in [0.25, 0.3) is 0 Å². The molecule has 0 saturated carbocycles. The van der Waals surface area contributed by atoms with Gasteiger partial charge in [-0.3, -0.25) is 0 Å². The monoisotopic (exact) mass is 177 g/mol. The average molecular weight is 177 g/mol. The third-order valence-corrected chi connectivity index (χ3v) is 1.11. The van der Waals surface area contributed by atoms with Crippen molar-refractivity contribution in [2.75, 3.05) is 7.05 Å².